The van der Waals surface area contributed by atoms with Gasteiger partial charge in [0.05, 0.1) is 18.5 Å². The second-order valence-corrected chi connectivity index (χ2v) is 5.26. The molecule has 0 radical (unpaired) electrons. The number of anilines is 2. The Hall–Kier alpha value is -2.50. The van der Waals surface area contributed by atoms with Gasteiger partial charge in [0.1, 0.15) is 11.4 Å². The predicted octanol–water partition coefficient (Wildman–Crippen LogP) is 2.29. The van der Waals surface area contributed by atoms with Crippen LogP contribution < -0.4 is 15.8 Å². The molecule has 2 rings (SSSR count). The number of carbonyl (C=O) groups excluding carboxylic acids is 1. The second kappa shape index (κ2) is 6.30. The van der Waals surface area contributed by atoms with E-state index in [1.54, 1.807) is 19.2 Å². The molecule has 6 nitrogen and oxygen atoms in total. The number of aryl methyl sites for hydroxylation is 1. The minimum absolute atomic E-state index is 0.298. The fraction of sp³-hybridized carbons (Fsp3) is 0.333. The molecule has 1 heterocycles. The fourth-order valence-electron chi connectivity index (χ4n) is 1.85. The predicted molar refractivity (Wildman–Crippen MR) is 82.3 cm³/mol. The zero-order valence-electron chi connectivity index (χ0n) is 12.5. The third kappa shape index (κ3) is 3.75. The maximum absolute atomic E-state index is 12.2. The van der Waals surface area contributed by atoms with Gasteiger partial charge >= 0.3 is 0 Å². The molecular formula is C15H20N4O2. The van der Waals surface area contributed by atoms with Gasteiger partial charge < -0.3 is 15.8 Å². The van der Waals surface area contributed by atoms with Crippen molar-refractivity contribution < 1.29 is 9.53 Å². The maximum Gasteiger partial charge on any atom is 0.276 e. The molecule has 0 saturated carbocycles. The van der Waals surface area contributed by atoms with Gasteiger partial charge in [-0.1, -0.05) is 19.9 Å². The second-order valence-electron chi connectivity index (χ2n) is 5.26. The van der Waals surface area contributed by atoms with E-state index in [-0.39, 0.29) is 5.91 Å². The number of nitrogens with zero attached hydrogens (tertiary/aromatic N) is 2. The van der Waals surface area contributed by atoms with Gasteiger partial charge in [0, 0.05) is 18.8 Å². The number of nitrogens with one attached hydrogen (secondary N) is 1. The monoisotopic (exact) mass is 288 g/mol. The lowest BCUT2D eigenvalue weighted by molar-refractivity contribution is 0.101. The van der Waals surface area contributed by atoms with Gasteiger partial charge in [-0.25, -0.2) is 0 Å². The van der Waals surface area contributed by atoms with Crippen LogP contribution in [0.4, 0.5) is 11.4 Å². The highest BCUT2D eigenvalue weighted by atomic mass is 16.5. The lowest BCUT2D eigenvalue weighted by atomic mass is 10.2. The number of benzene rings is 1. The Kier molecular flexibility index (Phi) is 4.47. The van der Waals surface area contributed by atoms with Crippen molar-refractivity contribution in [1.82, 2.24) is 9.78 Å². The number of nitrogens with two attached hydrogens (primary N) is 1. The van der Waals surface area contributed by atoms with E-state index in [2.05, 4.69) is 24.3 Å². The van der Waals surface area contributed by atoms with E-state index in [4.69, 9.17) is 10.5 Å². The SMILES string of the molecule is CC(C)COc1cccc(NC(=O)c2c(N)cnn2C)c1. The van der Waals surface area contributed by atoms with Gasteiger partial charge in [-0.05, 0) is 18.1 Å². The van der Waals surface area contributed by atoms with Crippen molar-refractivity contribution in [2.75, 3.05) is 17.7 Å². The summed E-state index contributed by atoms with van der Waals surface area (Å²) in [7, 11) is 1.67. The van der Waals surface area contributed by atoms with Gasteiger partial charge in [0.15, 0.2) is 0 Å². The Balaban J connectivity index is 2.09. The molecule has 21 heavy (non-hydrogen) atoms. The molecule has 1 amide bonds. The summed E-state index contributed by atoms with van der Waals surface area (Å²) in [6, 6.07) is 7.27. The average Bonchev–Trinajstić information content (AvgIpc) is 2.76. The van der Waals surface area contributed by atoms with E-state index < -0.39 is 0 Å². The summed E-state index contributed by atoms with van der Waals surface area (Å²) >= 11 is 0. The molecule has 6 heteroatoms. The first-order chi connectivity index (χ1) is 9.97. The van der Waals surface area contributed by atoms with Crippen LogP contribution in [0.3, 0.4) is 0 Å². The van der Waals surface area contributed by atoms with Crippen LogP contribution in [0.15, 0.2) is 30.5 Å². The first kappa shape index (κ1) is 14.9. The van der Waals surface area contributed by atoms with Crippen LogP contribution in [-0.4, -0.2) is 22.3 Å². The van der Waals surface area contributed by atoms with E-state index in [1.165, 1.54) is 10.9 Å². The molecule has 0 fully saturated rings. The number of carbonyl (C=O) groups is 1. The Morgan fingerprint density at radius 1 is 1.48 bits per heavy atom. The Bertz CT molecular complexity index is 615. The molecular weight excluding hydrogens is 268 g/mol. The third-order valence-corrected chi connectivity index (χ3v) is 2.86. The van der Waals surface area contributed by atoms with Crippen LogP contribution in [0.25, 0.3) is 0 Å². The number of aromatic nitrogens is 2. The van der Waals surface area contributed by atoms with E-state index in [1.807, 2.05) is 12.1 Å². The Morgan fingerprint density at radius 3 is 2.86 bits per heavy atom. The average molecular weight is 288 g/mol. The summed E-state index contributed by atoms with van der Waals surface area (Å²) in [5.41, 5.74) is 7.08. The lowest BCUT2D eigenvalue weighted by Crippen LogP contribution is -2.17. The minimum atomic E-state index is -0.298. The number of hydrogen-bond donors (Lipinski definition) is 2. The molecule has 0 atom stereocenters. The maximum atomic E-state index is 12.2. The molecule has 0 aliphatic carbocycles. The highest BCUT2D eigenvalue weighted by Gasteiger charge is 2.15. The van der Waals surface area contributed by atoms with Crippen molar-refractivity contribution in [2.24, 2.45) is 13.0 Å². The zero-order chi connectivity index (χ0) is 15.4. The van der Waals surface area contributed by atoms with Crippen LogP contribution in [0, 0.1) is 5.92 Å². The summed E-state index contributed by atoms with van der Waals surface area (Å²) in [5, 5.41) is 6.75. The van der Waals surface area contributed by atoms with Crippen LogP contribution in [0.5, 0.6) is 5.75 Å². The van der Waals surface area contributed by atoms with Crippen molar-refractivity contribution in [3.05, 3.63) is 36.2 Å². The van der Waals surface area contributed by atoms with Crippen molar-refractivity contribution in [2.45, 2.75) is 13.8 Å². The van der Waals surface area contributed by atoms with Crippen LogP contribution in [0.1, 0.15) is 24.3 Å². The molecule has 1 aromatic carbocycles. The van der Waals surface area contributed by atoms with Gasteiger partial charge in [0.25, 0.3) is 5.91 Å². The standard InChI is InChI=1S/C15H20N4O2/c1-10(2)9-21-12-6-4-5-11(7-12)18-15(20)14-13(16)8-17-19(14)3/h4-8,10H,9,16H2,1-3H3,(H,18,20). The van der Waals surface area contributed by atoms with Crippen molar-refractivity contribution in [3.8, 4) is 5.75 Å². The summed E-state index contributed by atoms with van der Waals surface area (Å²) in [6.07, 6.45) is 1.46. The van der Waals surface area contributed by atoms with Crippen molar-refractivity contribution >= 4 is 17.3 Å². The topological polar surface area (TPSA) is 82.2 Å². The minimum Gasteiger partial charge on any atom is -0.493 e. The van der Waals surface area contributed by atoms with Crippen molar-refractivity contribution in [3.63, 3.8) is 0 Å². The van der Waals surface area contributed by atoms with Gasteiger partial charge in [-0.3, -0.25) is 9.48 Å². The number of rotatable bonds is 5. The van der Waals surface area contributed by atoms with Crippen molar-refractivity contribution in [1.29, 1.82) is 0 Å². The summed E-state index contributed by atoms with van der Waals surface area (Å²) in [4.78, 5) is 12.2. The third-order valence-electron chi connectivity index (χ3n) is 2.86. The molecule has 3 N–H and O–H groups in total. The van der Waals surface area contributed by atoms with Crippen LogP contribution >= 0.6 is 0 Å². The highest BCUT2D eigenvalue weighted by molar-refractivity contribution is 6.06. The van der Waals surface area contributed by atoms with E-state index >= 15 is 0 Å². The molecule has 0 aliphatic heterocycles. The Labute approximate surface area is 123 Å². The molecule has 0 unspecified atom stereocenters. The van der Waals surface area contributed by atoms with E-state index in [0.29, 0.717) is 29.6 Å². The largest absolute Gasteiger partial charge is 0.493 e. The van der Waals surface area contributed by atoms with Gasteiger partial charge in [-0.2, -0.15) is 5.10 Å². The Morgan fingerprint density at radius 2 is 2.24 bits per heavy atom. The van der Waals surface area contributed by atoms with E-state index in [0.717, 1.165) is 5.75 Å². The lowest BCUT2D eigenvalue weighted by Gasteiger charge is -2.11. The first-order valence-electron chi connectivity index (χ1n) is 6.79. The van der Waals surface area contributed by atoms with Gasteiger partial charge in [0.2, 0.25) is 0 Å². The number of hydrogen-bond acceptors (Lipinski definition) is 4. The molecule has 1 aromatic heterocycles. The smallest absolute Gasteiger partial charge is 0.276 e. The summed E-state index contributed by atoms with van der Waals surface area (Å²) in [6.45, 7) is 4.79. The normalized spacial score (nSPS) is 10.7. The number of amides is 1. The molecule has 2 aromatic rings. The van der Waals surface area contributed by atoms with E-state index in [9.17, 15) is 4.79 Å². The molecule has 0 bridgehead atoms. The zero-order valence-corrected chi connectivity index (χ0v) is 12.5. The summed E-state index contributed by atoms with van der Waals surface area (Å²) in [5.74, 6) is 0.866. The van der Waals surface area contributed by atoms with Crippen LogP contribution in [0.2, 0.25) is 0 Å². The first-order valence-corrected chi connectivity index (χ1v) is 6.79. The number of ether oxygens (including phenoxy) is 1. The molecule has 0 saturated heterocycles. The van der Waals surface area contributed by atoms with Crippen LogP contribution in [-0.2, 0) is 7.05 Å². The molecule has 112 valence electrons. The summed E-state index contributed by atoms with van der Waals surface area (Å²) < 4.78 is 7.08. The molecule has 0 aliphatic rings. The number of nitrogen functional groups attached to an aromatic ring is 1. The fourth-order valence-corrected chi connectivity index (χ4v) is 1.85. The quantitative estimate of drug-likeness (QED) is 0.884. The molecule has 0 spiro atoms. The van der Waals surface area contributed by atoms with Gasteiger partial charge in [-0.15, -0.1) is 0 Å². The highest BCUT2D eigenvalue weighted by Crippen LogP contribution is 2.19.